The van der Waals surface area contributed by atoms with Crippen molar-refractivity contribution in [3.63, 3.8) is 0 Å². The van der Waals surface area contributed by atoms with Crippen LogP contribution in [0.4, 0.5) is 5.69 Å². The molecule has 1 saturated heterocycles. The average Bonchev–Trinajstić information content (AvgIpc) is 3.16. The number of nitrogens with zero attached hydrogens (tertiary/aromatic N) is 1. The van der Waals surface area contributed by atoms with Crippen LogP contribution in [-0.4, -0.2) is 49.5 Å². The topological polar surface area (TPSA) is 186 Å². The number of benzene rings is 2. The maximum absolute atomic E-state index is 12.6. The van der Waals surface area contributed by atoms with E-state index in [2.05, 4.69) is 20.6 Å². The molecule has 2 aromatic carbocycles. The number of anilines is 1. The summed E-state index contributed by atoms with van der Waals surface area (Å²) in [6.45, 7) is 0. The number of amides is 2. The third-order valence-corrected chi connectivity index (χ3v) is 6.58. The molecule has 192 valence electrons. The van der Waals surface area contributed by atoms with E-state index in [1.165, 1.54) is 25.3 Å². The van der Waals surface area contributed by atoms with Crippen LogP contribution in [0.25, 0.3) is 0 Å². The van der Waals surface area contributed by atoms with Gasteiger partial charge in [-0.25, -0.2) is 9.79 Å². The molecule has 2 atom stereocenters. The predicted octanol–water partition coefficient (Wildman–Crippen LogP) is 1.84. The molecule has 1 aliphatic heterocycles. The predicted molar refractivity (Wildman–Crippen MR) is 138 cm³/mol. The first-order valence-electron chi connectivity index (χ1n) is 10.7. The Kier molecular flexibility index (Phi) is 7.55. The number of phenols is 1. The summed E-state index contributed by atoms with van der Waals surface area (Å²) in [5, 5.41) is 25.3. The number of nitrogens with one attached hydrogen (secondary N) is 4. The molecular weight excluding hydrogens is 526 g/mol. The number of phenolic OH excluding ortho intramolecular Hbond substituents is 1. The second kappa shape index (κ2) is 10.8. The molecule has 1 aromatic heterocycles. The van der Waals surface area contributed by atoms with Crippen LogP contribution in [0.1, 0.15) is 23.6 Å². The Morgan fingerprint density at radius 1 is 1.19 bits per heavy atom. The Bertz CT molecular complexity index is 1520. The Hall–Kier alpha value is -4.23. The smallest absolute Gasteiger partial charge is 0.328 e. The number of rotatable bonds is 7. The quantitative estimate of drug-likeness (QED) is 0.259. The van der Waals surface area contributed by atoms with Gasteiger partial charge >= 0.3 is 5.69 Å². The summed E-state index contributed by atoms with van der Waals surface area (Å²) in [5.74, 6) is -1.73. The third-order valence-electron chi connectivity index (χ3n) is 5.25. The van der Waals surface area contributed by atoms with E-state index in [4.69, 9.17) is 16.3 Å². The van der Waals surface area contributed by atoms with E-state index in [0.29, 0.717) is 16.3 Å². The van der Waals surface area contributed by atoms with E-state index in [1.54, 1.807) is 24.3 Å². The molecule has 0 saturated carbocycles. The lowest BCUT2D eigenvalue weighted by molar-refractivity contribution is -0.122. The van der Waals surface area contributed by atoms with Crippen molar-refractivity contribution in [1.29, 1.82) is 0 Å². The van der Waals surface area contributed by atoms with E-state index in [0.717, 1.165) is 11.8 Å². The third kappa shape index (κ3) is 5.95. The Morgan fingerprint density at radius 2 is 1.97 bits per heavy atom. The first kappa shape index (κ1) is 25.9. The molecule has 0 aliphatic carbocycles. The van der Waals surface area contributed by atoms with Crippen molar-refractivity contribution in [2.45, 2.75) is 17.7 Å². The molecule has 1 aliphatic rings. The second-order valence-electron chi connectivity index (χ2n) is 7.80. The summed E-state index contributed by atoms with van der Waals surface area (Å²) in [5.41, 5.74) is -1.36. The number of carbonyl (C=O) groups excluding carboxylic acids is 2. The SMILES string of the molecule is COc1cc([C@H](N=C2NC(=O)[C@@H](CC(=O)Nc3cccc(Cl)c3)S2)c2c(O)[nH]c(=O)[nH]c2=O)ccc1O. The summed E-state index contributed by atoms with van der Waals surface area (Å²) in [6, 6.07) is 9.47. The van der Waals surface area contributed by atoms with Gasteiger partial charge in [-0.1, -0.05) is 35.5 Å². The monoisotopic (exact) mass is 545 g/mol. The van der Waals surface area contributed by atoms with Crippen molar-refractivity contribution in [3.8, 4) is 17.4 Å². The summed E-state index contributed by atoms with van der Waals surface area (Å²) in [4.78, 5) is 57.8. The molecular formula is C23H20ClN5O7S. The van der Waals surface area contributed by atoms with Crippen molar-refractivity contribution in [3.05, 3.63) is 79.5 Å². The molecule has 2 heterocycles. The number of thioether (sulfide) groups is 1. The zero-order chi connectivity index (χ0) is 26.7. The number of carbonyl (C=O) groups is 2. The number of aromatic hydroxyl groups is 2. The highest BCUT2D eigenvalue weighted by Gasteiger charge is 2.34. The van der Waals surface area contributed by atoms with Crippen LogP contribution >= 0.6 is 23.4 Å². The van der Waals surface area contributed by atoms with E-state index >= 15 is 0 Å². The molecule has 6 N–H and O–H groups in total. The maximum Gasteiger partial charge on any atom is 0.328 e. The van der Waals surface area contributed by atoms with Crippen LogP contribution in [-0.2, 0) is 9.59 Å². The van der Waals surface area contributed by atoms with Gasteiger partial charge in [-0.3, -0.25) is 24.4 Å². The molecule has 14 heteroatoms. The van der Waals surface area contributed by atoms with Crippen molar-refractivity contribution in [1.82, 2.24) is 15.3 Å². The number of aromatic amines is 2. The zero-order valence-electron chi connectivity index (χ0n) is 19.1. The van der Waals surface area contributed by atoms with Gasteiger partial charge in [0, 0.05) is 17.1 Å². The number of halogens is 1. The lowest BCUT2D eigenvalue weighted by atomic mass is 10.0. The molecule has 0 bridgehead atoms. The Labute approximate surface area is 217 Å². The first-order chi connectivity index (χ1) is 17.6. The van der Waals surface area contributed by atoms with Crippen LogP contribution in [0.2, 0.25) is 5.02 Å². The van der Waals surface area contributed by atoms with Crippen LogP contribution in [0.5, 0.6) is 17.4 Å². The van der Waals surface area contributed by atoms with Gasteiger partial charge in [0.25, 0.3) is 5.56 Å². The fraction of sp³-hybridized carbons (Fsp3) is 0.174. The van der Waals surface area contributed by atoms with E-state index in [-0.39, 0.29) is 28.7 Å². The summed E-state index contributed by atoms with van der Waals surface area (Å²) in [7, 11) is 1.33. The van der Waals surface area contributed by atoms with E-state index < -0.39 is 40.2 Å². The molecule has 2 amide bonds. The van der Waals surface area contributed by atoms with Crippen LogP contribution < -0.4 is 26.6 Å². The van der Waals surface area contributed by atoms with Crippen molar-refractivity contribution in [2.24, 2.45) is 4.99 Å². The van der Waals surface area contributed by atoms with Gasteiger partial charge in [0.15, 0.2) is 16.7 Å². The fourth-order valence-electron chi connectivity index (χ4n) is 3.57. The number of ether oxygens (including phenoxy) is 1. The Balaban J connectivity index is 1.63. The molecule has 0 spiro atoms. The molecule has 0 radical (unpaired) electrons. The minimum atomic E-state index is -1.23. The largest absolute Gasteiger partial charge is 0.504 e. The van der Waals surface area contributed by atoms with Gasteiger partial charge in [0.05, 0.1) is 7.11 Å². The summed E-state index contributed by atoms with van der Waals surface area (Å²) in [6.07, 6.45) is -0.176. The number of methoxy groups -OCH3 is 1. The number of aliphatic imine (C=N–C) groups is 1. The average molecular weight is 546 g/mol. The molecule has 0 unspecified atom stereocenters. The van der Waals surface area contributed by atoms with Crippen molar-refractivity contribution >= 4 is 46.0 Å². The minimum absolute atomic E-state index is 0.0710. The fourth-order valence-corrected chi connectivity index (χ4v) is 4.76. The van der Waals surface area contributed by atoms with E-state index in [9.17, 15) is 29.4 Å². The van der Waals surface area contributed by atoms with Crippen LogP contribution in [0, 0.1) is 0 Å². The number of H-pyrrole nitrogens is 2. The highest BCUT2D eigenvalue weighted by Crippen LogP contribution is 2.36. The highest BCUT2D eigenvalue weighted by molar-refractivity contribution is 8.15. The number of aromatic nitrogens is 2. The molecule has 1 fully saturated rings. The van der Waals surface area contributed by atoms with Gasteiger partial charge in [-0.2, -0.15) is 0 Å². The summed E-state index contributed by atoms with van der Waals surface area (Å²) >= 11 is 6.89. The zero-order valence-corrected chi connectivity index (χ0v) is 20.6. The van der Waals surface area contributed by atoms with Crippen LogP contribution in [0.3, 0.4) is 0 Å². The number of hydrogen-bond donors (Lipinski definition) is 6. The molecule has 12 nitrogen and oxygen atoms in total. The number of hydrogen-bond acceptors (Lipinski definition) is 9. The maximum atomic E-state index is 12.6. The second-order valence-corrected chi connectivity index (χ2v) is 9.42. The lowest BCUT2D eigenvalue weighted by Gasteiger charge is -2.16. The lowest BCUT2D eigenvalue weighted by Crippen LogP contribution is -2.29. The number of amidine groups is 1. The minimum Gasteiger partial charge on any atom is -0.504 e. The van der Waals surface area contributed by atoms with Gasteiger partial charge in [0.2, 0.25) is 17.7 Å². The standard InChI is InChI=1S/C23H20ClN5O7S/c1-36-14-7-10(5-6-13(14)30)18(17-20(33)27-22(35)28-21(17)34)26-23-29-19(32)15(37-23)9-16(31)25-12-4-2-3-11(24)8-12/h2-8,15,18,30H,9H2,1H3,(H,25,31)(H,26,29,32)(H3,27,28,33,34,35)/t15-,18+/m1/s1. The summed E-state index contributed by atoms with van der Waals surface area (Å²) < 4.78 is 5.12. The van der Waals surface area contributed by atoms with Gasteiger partial charge in [0.1, 0.15) is 16.9 Å². The van der Waals surface area contributed by atoms with Crippen molar-refractivity contribution in [2.75, 3.05) is 12.4 Å². The van der Waals surface area contributed by atoms with Gasteiger partial charge in [-0.15, -0.1) is 0 Å². The van der Waals surface area contributed by atoms with Gasteiger partial charge in [-0.05, 0) is 35.9 Å². The first-order valence-corrected chi connectivity index (χ1v) is 11.9. The molecule has 37 heavy (non-hydrogen) atoms. The normalized spacial score (nSPS) is 16.9. The van der Waals surface area contributed by atoms with Crippen LogP contribution in [0.15, 0.2) is 57.0 Å². The molecule has 3 aromatic rings. The Morgan fingerprint density at radius 3 is 2.68 bits per heavy atom. The van der Waals surface area contributed by atoms with Gasteiger partial charge < -0.3 is 25.6 Å². The highest BCUT2D eigenvalue weighted by atomic mass is 35.5. The van der Waals surface area contributed by atoms with Crippen molar-refractivity contribution < 1.29 is 24.5 Å². The molecule has 4 rings (SSSR count). The van der Waals surface area contributed by atoms with E-state index in [1.807, 2.05) is 4.98 Å².